The Bertz CT molecular complexity index is 2170. The van der Waals surface area contributed by atoms with Gasteiger partial charge in [0.25, 0.3) is 5.91 Å². The first-order chi connectivity index (χ1) is 25.8. The van der Waals surface area contributed by atoms with Crippen LogP contribution in [0.5, 0.6) is 11.5 Å². The largest absolute Gasteiger partial charge is 0.478 e. The molecule has 0 atom stereocenters. The number of hydrogen-bond donors (Lipinski definition) is 1. The number of carbonyl (C=O) groups is 4. The van der Waals surface area contributed by atoms with E-state index in [0.717, 1.165) is 23.3 Å². The second kappa shape index (κ2) is 17.3. The lowest BCUT2D eigenvalue weighted by atomic mass is 9.96. The molecule has 1 N–H and O–H groups in total. The second-order valence-corrected chi connectivity index (χ2v) is 12.1. The number of amides is 1. The number of nitrogens with zero attached hydrogens (tertiary/aromatic N) is 1. The van der Waals surface area contributed by atoms with E-state index in [1.54, 1.807) is 60.7 Å². The molecule has 0 unspecified atom stereocenters. The van der Waals surface area contributed by atoms with Crippen molar-refractivity contribution in [3.8, 4) is 11.5 Å². The summed E-state index contributed by atoms with van der Waals surface area (Å²) in [6.45, 7) is -0.0315. The fourth-order valence-electron chi connectivity index (χ4n) is 5.57. The summed E-state index contributed by atoms with van der Waals surface area (Å²) in [5.74, 6) is -2.72. The minimum Gasteiger partial charge on any atom is -0.478 e. The molecule has 53 heavy (non-hydrogen) atoms. The molecule has 0 spiro atoms. The molecule has 6 rings (SSSR count). The third-order valence-electron chi connectivity index (χ3n) is 8.26. The van der Waals surface area contributed by atoms with Crippen molar-refractivity contribution in [3.05, 3.63) is 202 Å². The van der Waals surface area contributed by atoms with Crippen molar-refractivity contribution in [2.24, 2.45) is 0 Å². The number of hydrogen-bond acceptors (Lipinski definition) is 7. The molecular formula is C44H35NO8. The van der Waals surface area contributed by atoms with E-state index in [-0.39, 0.29) is 43.0 Å². The molecule has 6 aromatic rings. The molecule has 0 fully saturated rings. The molecule has 6 aromatic carbocycles. The summed E-state index contributed by atoms with van der Waals surface area (Å²) in [5.41, 5.74) is 1.54. The zero-order valence-corrected chi connectivity index (χ0v) is 28.6. The van der Waals surface area contributed by atoms with Gasteiger partial charge in [0.15, 0.2) is 0 Å². The number of aromatic carboxylic acids is 1. The normalized spacial score (nSPS) is 10.6. The van der Waals surface area contributed by atoms with Crippen LogP contribution in [0.3, 0.4) is 0 Å². The van der Waals surface area contributed by atoms with Gasteiger partial charge in [0.2, 0.25) is 0 Å². The lowest BCUT2D eigenvalue weighted by Crippen LogP contribution is -2.32. The van der Waals surface area contributed by atoms with Crippen LogP contribution in [0.2, 0.25) is 0 Å². The van der Waals surface area contributed by atoms with Crippen LogP contribution in [0.4, 0.5) is 0 Å². The van der Waals surface area contributed by atoms with Crippen molar-refractivity contribution >= 4 is 23.8 Å². The molecule has 0 heterocycles. The zero-order chi connectivity index (χ0) is 37.0. The predicted molar refractivity (Wildman–Crippen MR) is 198 cm³/mol. The molecule has 0 bridgehead atoms. The molecule has 0 radical (unpaired) electrons. The summed E-state index contributed by atoms with van der Waals surface area (Å²) in [4.78, 5) is 55.9. The molecular weight excluding hydrogens is 670 g/mol. The van der Waals surface area contributed by atoms with E-state index in [1.807, 2.05) is 84.9 Å². The molecule has 9 heteroatoms. The van der Waals surface area contributed by atoms with E-state index in [4.69, 9.17) is 14.2 Å². The monoisotopic (exact) mass is 705 g/mol. The summed E-state index contributed by atoms with van der Waals surface area (Å²) in [5, 5.41) is 10.4. The quantitative estimate of drug-likeness (QED) is 0.112. The maximum atomic E-state index is 14.5. The summed E-state index contributed by atoms with van der Waals surface area (Å²) >= 11 is 0. The number of rotatable bonds is 14. The standard InChI is InChI=1S/C44H35NO8/c46-41(45(27-31-13-5-1-6-14-31)28-32-21-23-36(24-22-32)53-35-19-11-4-12-20-35)37-25-39(43(49)51-29-33-15-7-2-8-16-33)40(26-38(37)42(47)48)44(50)52-30-34-17-9-3-10-18-34/h1-26H,27-30H2,(H,47,48). The molecule has 0 saturated carbocycles. The van der Waals surface area contributed by atoms with Crippen LogP contribution in [0.25, 0.3) is 0 Å². The predicted octanol–water partition coefficient (Wildman–Crippen LogP) is 8.73. The zero-order valence-electron chi connectivity index (χ0n) is 28.6. The van der Waals surface area contributed by atoms with Crippen molar-refractivity contribution < 1.29 is 38.5 Å². The van der Waals surface area contributed by atoms with Crippen LogP contribution in [0, 0.1) is 0 Å². The fraction of sp³-hybridized carbons (Fsp3) is 0.0909. The van der Waals surface area contributed by atoms with Gasteiger partial charge in [-0.25, -0.2) is 14.4 Å². The smallest absolute Gasteiger partial charge is 0.339 e. The van der Waals surface area contributed by atoms with Crippen molar-refractivity contribution in [2.45, 2.75) is 26.3 Å². The molecule has 0 aliphatic carbocycles. The Morgan fingerprint density at radius 3 is 1.32 bits per heavy atom. The average molecular weight is 706 g/mol. The Hall–Kier alpha value is -7.00. The minimum atomic E-state index is -1.46. The van der Waals surface area contributed by atoms with Gasteiger partial charge in [-0.05, 0) is 58.7 Å². The van der Waals surface area contributed by atoms with Gasteiger partial charge in [-0.1, -0.05) is 121 Å². The van der Waals surface area contributed by atoms with Crippen LogP contribution in [-0.4, -0.2) is 33.8 Å². The molecule has 0 aromatic heterocycles. The van der Waals surface area contributed by atoms with E-state index in [2.05, 4.69) is 0 Å². The first-order valence-corrected chi connectivity index (χ1v) is 16.8. The van der Waals surface area contributed by atoms with E-state index >= 15 is 0 Å². The van der Waals surface area contributed by atoms with Crippen LogP contribution < -0.4 is 4.74 Å². The summed E-state index contributed by atoms with van der Waals surface area (Å²) in [6, 6.07) is 45.8. The summed E-state index contributed by atoms with van der Waals surface area (Å²) in [6.07, 6.45) is 0. The third kappa shape index (κ3) is 9.62. The molecule has 0 aliphatic rings. The van der Waals surface area contributed by atoms with Crippen LogP contribution in [0.1, 0.15) is 63.7 Å². The molecule has 0 saturated heterocycles. The van der Waals surface area contributed by atoms with Gasteiger partial charge in [-0.15, -0.1) is 0 Å². The van der Waals surface area contributed by atoms with E-state index in [0.29, 0.717) is 22.6 Å². The van der Waals surface area contributed by atoms with Gasteiger partial charge in [-0.3, -0.25) is 4.79 Å². The first-order valence-electron chi connectivity index (χ1n) is 16.8. The van der Waals surface area contributed by atoms with Gasteiger partial charge >= 0.3 is 17.9 Å². The number of esters is 2. The van der Waals surface area contributed by atoms with Gasteiger partial charge in [0, 0.05) is 13.1 Å². The van der Waals surface area contributed by atoms with E-state index in [9.17, 15) is 24.3 Å². The topological polar surface area (TPSA) is 119 Å². The maximum Gasteiger partial charge on any atom is 0.339 e. The SMILES string of the molecule is O=C(O)c1cc(C(=O)OCc2ccccc2)c(C(=O)OCc2ccccc2)cc1C(=O)N(Cc1ccccc1)Cc1ccc(Oc2ccccc2)cc1. The highest BCUT2D eigenvalue weighted by molar-refractivity contribution is 6.11. The van der Waals surface area contributed by atoms with Gasteiger partial charge in [0.05, 0.1) is 22.3 Å². The van der Waals surface area contributed by atoms with Gasteiger partial charge in [-0.2, -0.15) is 0 Å². The van der Waals surface area contributed by atoms with Crippen molar-refractivity contribution in [1.29, 1.82) is 0 Å². The van der Waals surface area contributed by atoms with Crippen LogP contribution >= 0.6 is 0 Å². The van der Waals surface area contributed by atoms with Crippen molar-refractivity contribution in [3.63, 3.8) is 0 Å². The number of benzene rings is 6. The number of para-hydroxylation sites is 1. The first kappa shape index (κ1) is 35.8. The Labute approximate surface area is 306 Å². The minimum absolute atomic E-state index is 0.0903. The van der Waals surface area contributed by atoms with Crippen LogP contribution in [0.15, 0.2) is 158 Å². The highest BCUT2D eigenvalue weighted by Gasteiger charge is 2.30. The van der Waals surface area contributed by atoms with Crippen molar-refractivity contribution in [1.82, 2.24) is 4.90 Å². The Morgan fingerprint density at radius 2 is 0.849 bits per heavy atom. The van der Waals surface area contributed by atoms with Crippen LogP contribution in [-0.2, 0) is 35.8 Å². The third-order valence-corrected chi connectivity index (χ3v) is 8.26. The fourth-order valence-corrected chi connectivity index (χ4v) is 5.57. The van der Waals surface area contributed by atoms with Crippen molar-refractivity contribution in [2.75, 3.05) is 0 Å². The lowest BCUT2D eigenvalue weighted by molar-refractivity contribution is 0.0424. The number of carboxylic acid groups (broad SMARTS) is 1. The highest BCUT2D eigenvalue weighted by Crippen LogP contribution is 2.26. The van der Waals surface area contributed by atoms with E-state index < -0.39 is 29.4 Å². The molecule has 1 amide bonds. The average Bonchev–Trinajstić information content (AvgIpc) is 3.20. The maximum absolute atomic E-state index is 14.5. The number of carboxylic acids is 1. The molecule has 0 aliphatic heterocycles. The van der Waals surface area contributed by atoms with E-state index in [1.165, 1.54) is 4.90 Å². The number of ether oxygens (including phenoxy) is 3. The lowest BCUT2D eigenvalue weighted by Gasteiger charge is -2.25. The molecule has 264 valence electrons. The Morgan fingerprint density at radius 1 is 0.453 bits per heavy atom. The Balaban J connectivity index is 1.34. The Kier molecular flexibility index (Phi) is 11.7. The van der Waals surface area contributed by atoms with Gasteiger partial charge < -0.3 is 24.2 Å². The van der Waals surface area contributed by atoms with Gasteiger partial charge in [0.1, 0.15) is 24.7 Å². The second-order valence-electron chi connectivity index (χ2n) is 12.1. The highest BCUT2D eigenvalue weighted by atomic mass is 16.5. The number of carbonyl (C=O) groups excluding carboxylic acids is 3. The summed E-state index contributed by atoms with van der Waals surface area (Å²) < 4.78 is 17.0. The molecule has 9 nitrogen and oxygen atoms in total. The summed E-state index contributed by atoms with van der Waals surface area (Å²) in [7, 11) is 0.